The number of carbonyl (C=O) groups is 2. The van der Waals surface area contributed by atoms with Crippen LogP contribution < -0.4 is 9.62 Å². The molecule has 0 aliphatic rings. The normalized spacial score (nSPS) is 12.4. The first kappa shape index (κ1) is 30.7. The van der Waals surface area contributed by atoms with Crippen molar-refractivity contribution in [3.8, 4) is 0 Å². The second kappa shape index (κ2) is 13.5. The molecule has 0 bridgehead atoms. The quantitative estimate of drug-likeness (QED) is 0.341. The van der Waals surface area contributed by atoms with E-state index in [9.17, 15) is 31.2 Å². The smallest absolute Gasteiger partial charge is 0.357 e. The Balaban J connectivity index is 1.84. The van der Waals surface area contributed by atoms with Gasteiger partial charge >= 0.3 is 6.18 Å². The molecule has 40 heavy (non-hydrogen) atoms. The van der Waals surface area contributed by atoms with Crippen LogP contribution in [-0.2, 0) is 38.8 Å². The Bertz CT molecular complexity index is 1380. The zero-order chi connectivity index (χ0) is 29.3. The zero-order valence-corrected chi connectivity index (χ0v) is 23.1. The summed E-state index contributed by atoms with van der Waals surface area (Å²) in [5.74, 6) is -0.735. The molecule has 0 saturated heterocycles. The first-order chi connectivity index (χ1) is 18.9. The Kier molecular flexibility index (Phi) is 10.3. The minimum Gasteiger partial charge on any atom is -0.357 e. The number of amides is 2. The number of alkyl halides is 3. The van der Waals surface area contributed by atoms with Gasteiger partial charge in [-0.05, 0) is 35.7 Å². The molecule has 7 nitrogen and oxygen atoms in total. The third-order valence-corrected chi connectivity index (χ3v) is 7.52. The van der Waals surface area contributed by atoms with Gasteiger partial charge in [-0.1, -0.05) is 66.7 Å². The number of hydrogen-bond donors (Lipinski definition) is 1. The summed E-state index contributed by atoms with van der Waals surface area (Å²) in [6, 6.07) is 21.6. The van der Waals surface area contributed by atoms with Crippen LogP contribution in [0.25, 0.3) is 0 Å². The van der Waals surface area contributed by atoms with Crippen molar-refractivity contribution < 1.29 is 31.2 Å². The minimum absolute atomic E-state index is 0.0270. The van der Waals surface area contributed by atoms with Crippen molar-refractivity contribution in [3.63, 3.8) is 0 Å². The van der Waals surface area contributed by atoms with Crippen LogP contribution in [0.5, 0.6) is 0 Å². The standard InChI is InChI=1S/C29H32F3N3O4S/c1-33-28(37)26(19-22-11-5-3-6-12-22)34(21-23-13-7-4-8-14-23)27(36)17-10-18-35(40(2,38)39)25-16-9-15-24(20-25)29(30,31)32/h3-9,11-16,20,26H,10,17-19,21H2,1-2H3,(H,33,37). The SMILES string of the molecule is CNC(=O)C(Cc1ccccc1)N(Cc1ccccc1)C(=O)CCCN(c1cccc(C(F)(F)F)c1)S(C)(=O)=O. The van der Waals surface area contributed by atoms with E-state index in [4.69, 9.17) is 0 Å². The van der Waals surface area contributed by atoms with E-state index in [0.29, 0.717) is 0 Å². The van der Waals surface area contributed by atoms with Gasteiger partial charge in [0.1, 0.15) is 6.04 Å². The summed E-state index contributed by atoms with van der Waals surface area (Å²) in [5, 5.41) is 2.63. The highest BCUT2D eigenvalue weighted by Crippen LogP contribution is 2.32. The third kappa shape index (κ3) is 8.57. The van der Waals surface area contributed by atoms with Gasteiger partial charge in [0.2, 0.25) is 21.8 Å². The first-order valence-electron chi connectivity index (χ1n) is 12.6. The minimum atomic E-state index is -4.64. The number of carbonyl (C=O) groups excluding carboxylic acids is 2. The Morgan fingerprint density at radius 1 is 0.900 bits per heavy atom. The van der Waals surface area contributed by atoms with E-state index in [1.165, 1.54) is 18.0 Å². The molecule has 0 aliphatic heterocycles. The Morgan fingerprint density at radius 3 is 2.05 bits per heavy atom. The van der Waals surface area contributed by atoms with Gasteiger partial charge in [-0.3, -0.25) is 13.9 Å². The second-order valence-electron chi connectivity index (χ2n) is 9.31. The summed E-state index contributed by atoms with van der Waals surface area (Å²) in [5.41, 5.74) is 0.547. The molecule has 3 aromatic rings. The van der Waals surface area contributed by atoms with Crippen LogP contribution in [0.4, 0.5) is 18.9 Å². The molecule has 11 heteroatoms. The van der Waals surface area contributed by atoms with Crippen LogP contribution in [-0.4, -0.2) is 51.0 Å². The Labute approximate surface area is 232 Å². The van der Waals surface area contributed by atoms with Crippen LogP contribution in [0.3, 0.4) is 0 Å². The number of sulfonamides is 1. The monoisotopic (exact) mass is 575 g/mol. The summed E-state index contributed by atoms with van der Waals surface area (Å²) < 4.78 is 65.5. The second-order valence-corrected chi connectivity index (χ2v) is 11.2. The van der Waals surface area contributed by atoms with Crippen LogP contribution in [0.2, 0.25) is 0 Å². The first-order valence-corrected chi connectivity index (χ1v) is 14.5. The maximum atomic E-state index is 13.6. The number of nitrogens with zero attached hydrogens (tertiary/aromatic N) is 2. The molecule has 0 fully saturated rings. The van der Waals surface area contributed by atoms with Gasteiger partial charge in [-0.15, -0.1) is 0 Å². The summed E-state index contributed by atoms with van der Waals surface area (Å²) in [7, 11) is -2.45. The molecule has 0 saturated carbocycles. The summed E-state index contributed by atoms with van der Waals surface area (Å²) in [4.78, 5) is 28.0. The fourth-order valence-electron chi connectivity index (χ4n) is 4.34. The lowest BCUT2D eigenvalue weighted by molar-refractivity contribution is -0.141. The molecule has 0 radical (unpaired) electrons. The zero-order valence-electron chi connectivity index (χ0n) is 22.3. The molecular formula is C29H32F3N3O4S. The lowest BCUT2D eigenvalue weighted by Crippen LogP contribution is -2.49. The molecule has 1 atom stereocenters. The van der Waals surface area contributed by atoms with Crippen LogP contribution in [0, 0.1) is 0 Å². The fraction of sp³-hybridized carbons (Fsp3) is 0.310. The van der Waals surface area contributed by atoms with Crippen LogP contribution in [0.1, 0.15) is 29.5 Å². The molecule has 1 N–H and O–H groups in total. The molecular weight excluding hydrogens is 543 g/mol. The number of halogens is 3. The van der Waals surface area contributed by atoms with E-state index in [2.05, 4.69) is 5.32 Å². The average Bonchev–Trinajstić information content (AvgIpc) is 2.92. The molecule has 0 heterocycles. The maximum absolute atomic E-state index is 13.6. The topological polar surface area (TPSA) is 86.8 Å². The Hall–Kier alpha value is -3.86. The van der Waals surface area contributed by atoms with Crippen molar-refractivity contribution in [1.82, 2.24) is 10.2 Å². The van der Waals surface area contributed by atoms with E-state index >= 15 is 0 Å². The van der Waals surface area contributed by atoms with Gasteiger partial charge in [0.25, 0.3) is 0 Å². The van der Waals surface area contributed by atoms with Crippen molar-refractivity contribution in [1.29, 1.82) is 0 Å². The lowest BCUT2D eigenvalue weighted by Gasteiger charge is -2.31. The van der Waals surface area contributed by atoms with Crippen LogP contribution in [0.15, 0.2) is 84.9 Å². The predicted molar refractivity (Wildman–Crippen MR) is 148 cm³/mol. The number of hydrogen-bond acceptors (Lipinski definition) is 4. The summed E-state index contributed by atoms with van der Waals surface area (Å²) >= 11 is 0. The molecule has 3 aromatic carbocycles. The van der Waals surface area contributed by atoms with Crippen molar-refractivity contribution in [3.05, 3.63) is 102 Å². The van der Waals surface area contributed by atoms with Crippen molar-refractivity contribution >= 4 is 27.5 Å². The number of anilines is 1. The summed E-state index contributed by atoms with van der Waals surface area (Å²) in [6.45, 7) is -0.0671. The van der Waals surface area contributed by atoms with Crippen molar-refractivity contribution in [2.75, 3.05) is 24.2 Å². The Morgan fingerprint density at radius 2 is 1.50 bits per heavy atom. The highest BCUT2D eigenvalue weighted by Gasteiger charge is 2.32. The van der Waals surface area contributed by atoms with E-state index in [1.807, 2.05) is 60.7 Å². The van der Waals surface area contributed by atoms with E-state index < -0.39 is 27.8 Å². The molecule has 0 spiro atoms. The lowest BCUT2D eigenvalue weighted by atomic mass is 10.0. The molecule has 3 rings (SSSR count). The fourth-order valence-corrected chi connectivity index (χ4v) is 5.30. The van der Waals surface area contributed by atoms with Gasteiger partial charge in [-0.25, -0.2) is 8.42 Å². The molecule has 2 amide bonds. The predicted octanol–water partition coefficient (Wildman–Crippen LogP) is 4.64. The summed E-state index contributed by atoms with van der Waals surface area (Å²) in [6.07, 6.45) is -3.57. The van der Waals surface area contributed by atoms with E-state index in [0.717, 1.165) is 39.9 Å². The van der Waals surface area contributed by atoms with Gasteiger partial charge < -0.3 is 10.2 Å². The number of nitrogens with one attached hydrogen (secondary N) is 1. The van der Waals surface area contributed by atoms with Gasteiger partial charge in [0, 0.05) is 33.0 Å². The van der Waals surface area contributed by atoms with Gasteiger partial charge in [-0.2, -0.15) is 13.2 Å². The number of rotatable bonds is 12. The van der Waals surface area contributed by atoms with Crippen molar-refractivity contribution in [2.24, 2.45) is 0 Å². The molecule has 214 valence electrons. The maximum Gasteiger partial charge on any atom is 0.416 e. The largest absolute Gasteiger partial charge is 0.416 e. The molecule has 0 aromatic heterocycles. The number of benzene rings is 3. The molecule has 1 unspecified atom stereocenters. The van der Waals surface area contributed by atoms with Gasteiger partial charge in [0.05, 0.1) is 17.5 Å². The highest BCUT2D eigenvalue weighted by atomic mass is 32.2. The average molecular weight is 576 g/mol. The number of likely N-dealkylation sites (N-methyl/N-ethyl adjacent to an activating group) is 1. The van der Waals surface area contributed by atoms with Crippen molar-refractivity contribution in [2.45, 2.75) is 38.0 Å². The van der Waals surface area contributed by atoms with E-state index in [-0.39, 0.29) is 49.9 Å². The van der Waals surface area contributed by atoms with Gasteiger partial charge in [0.15, 0.2) is 0 Å². The van der Waals surface area contributed by atoms with E-state index in [1.54, 1.807) is 0 Å². The highest BCUT2D eigenvalue weighted by molar-refractivity contribution is 7.92. The molecule has 0 aliphatic carbocycles. The third-order valence-electron chi connectivity index (χ3n) is 6.33. The van der Waals surface area contributed by atoms with Crippen LogP contribution >= 0.6 is 0 Å².